The molecular formula is C25H24F3N3O3S. The van der Waals surface area contributed by atoms with E-state index in [0.29, 0.717) is 41.6 Å². The molecule has 1 saturated carbocycles. The first-order chi connectivity index (χ1) is 16.4. The number of sulfone groups is 1. The van der Waals surface area contributed by atoms with Crippen molar-refractivity contribution < 1.29 is 26.4 Å². The maximum absolute atomic E-state index is 13.2. The number of ketones is 1. The number of carbonyl (C=O) groups is 1. The molecule has 0 spiro atoms. The maximum atomic E-state index is 13.2. The van der Waals surface area contributed by atoms with Crippen LogP contribution >= 0.6 is 0 Å². The molecule has 1 aliphatic rings. The fraction of sp³-hybridized carbons (Fsp3) is 0.360. The number of halogens is 3. The molecule has 3 aromatic rings. The number of hydrogen-bond acceptors (Lipinski definition) is 6. The molecule has 0 N–H and O–H groups in total. The van der Waals surface area contributed by atoms with Gasteiger partial charge in [-0.05, 0) is 44.4 Å². The van der Waals surface area contributed by atoms with Crippen LogP contribution in [0.15, 0.2) is 54.9 Å². The van der Waals surface area contributed by atoms with Crippen LogP contribution in [0.3, 0.4) is 0 Å². The summed E-state index contributed by atoms with van der Waals surface area (Å²) in [6.07, 6.45) is -1.22. The lowest BCUT2D eigenvalue weighted by atomic mass is 9.81. The van der Waals surface area contributed by atoms with Crippen molar-refractivity contribution in [1.29, 1.82) is 0 Å². The Bertz CT molecular complexity index is 1350. The van der Waals surface area contributed by atoms with Crippen LogP contribution in [0.1, 0.15) is 49.3 Å². The largest absolute Gasteiger partial charge is 0.434 e. The van der Waals surface area contributed by atoms with E-state index in [1.54, 1.807) is 56.3 Å². The van der Waals surface area contributed by atoms with Crippen LogP contribution < -0.4 is 0 Å². The van der Waals surface area contributed by atoms with Crippen molar-refractivity contribution >= 4 is 15.6 Å². The quantitative estimate of drug-likeness (QED) is 0.442. The highest BCUT2D eigenvalue weighted by molar-refractivity contribution is 7.91. The molecular weight excluding hydrogens is 479 g/mol. The number of rotatable bonds is 8. The second kappa shape index (κ2) is 9.14. The Balaban J connectivity index is 1.48. The number of alkyl halides is 3. The van der Waals surface area contributed by atoms with Crippen molar-refractivity contribution in [3.63, 3.8) is 0 Å². The lowest BCUT2D eigenvalue weighted by Gasteiger charge is -2.23. The molecule has 2 aromatic heterocycles. The molecule has 2 heterocycles. The highest BCUT2D eigenvalue weighted by Gasteiger charge is 2.37. The zero-order chi connectivity index (χ0) is 25.4. The van der Waals surface area contributed by atoms with Gasteiger partial charge in [0.1, 0.15) is 5.78 Å². The Kier molecular flexibility index (Phi) is 6.52. The third-order valence-corrected chi connectivity index (χ3v) is 8.25. The predicted molar refractivity (Wildman–Crippen MR) is 124 cm³/mol. The molecule has 4 rings (SSSR count). The number of carbonyl (C=O) groups excluding carboxylic acids is 1. The Hall–Kier alpha value is -3.14. The molecule has 1 aliphatic carbocycles. The smallest absolute Gasteiger partial charge is 0.298 e. The molecule has 0 aliphatic heterocycles. The fourth-order valence-corrected chi connectivity index (χ4v) is 5.31. The van der Waals surface area contributed by atoms with Gasteiger partial charge in [-0.2, -0.15) is 13.2 Å². The molecule has 0 saturated heterocycles. The predicted octanol–water partition coefficient (Wildman–Crippen LogP) is 4.72. The number of pyridine rings is 1. The normalized spacial score (nSPS) is 14.7. The summed E-state index contributed by atoms with van der Waals surface area (Å²) >= 11 is 0. The molecule has 184 valence electrons. The van der Waals surface area contributed by atoms with Crippen LogP contribution in [0.4, 0.5) is 13.2 Å². The van der Waals surface area contributed by atoms with E-state index in [1.807, 2.05) is 0 Å². The van der Waals surface area contributed by atoms with Crippen molar-refractivity contribution in [3.05, 3.63) is 77.5 Å². The summed E-state index contributed by atoms with van der Waals surface area (Å²) in [6, 6.07) is 11.6. The molecule has 0 atom stereocenters. The van der Waals surface area contributed by atoms with Crippen molar-refractivity contribution in [2.45, 2.75) is 55.7 Å². The molecule has 35 heavy (non-hydrogen) atoms. The molecule has 6 nitrogen and oxygen atoms in total. The first-order valence-corrected chi connectivity index (χ1v) is 12.8. The Morgan fingerprint density at radius 3 is 2.29 bits per heavy atom. The maximum Gasteiger partial charge on any atom is 0.434 e. The van der Waals surface area contributed by atoms with Crippen LogP contribution in [-0.2, 0) is 38.4 Å². The summed E-state index contributed by atoms with van der Waals surface area (Å²) in [5, 5.41) is -0.285. The average molecular weight is 504 g/mol. The minimum absolute atomic E-state index is 0.0772. The molecule has 0 bridgehead atoms. The van der Waals surface area contributed by atoms with Crippen LogP contribution in [-0.4, -0.2) is 34.4 Å². The van der Waals surface area contributed by atoms with Gasteiger partial charge < -0.3 is 0 Å². The van der Waals surface area contributed by atoms with Crippen molar-refractivity contribution in [2.75, 3.05) is 0 Å². The topological polar surface area (TPSA) is 89.9 Å². The summed E-state index contributed by atoms with van der Waals surface area (Å²) < 4.78 is 63.4. The Morgan fingerprint density at radius 1 is 0.971 bits per heavy atom. The minimum atomic E-state index is -4.59. The van der Waals surface area contributed by atoms with Gasteiger partial charge in [0, 0.05) is 12.0 Å². The zero-order valence-corrected chi connectivity index (χ0v) is 20.0. The van der Waals surface area contributed by atoms with Crippen molar-refractivity contribution in [3.8, 4) is 11.3 Å². The summed E-state index contributed by atoms with van der Waals surface area (Å²) in [5.41, 5.74) is 0.0777. The number of nitrogens with zero attached hydrogens (tertiary/aromatic N) is 3. The molecule has 0 amide bonds. The van der Waals surface area contributed by atoms with Crippen LogP contribution in [0.25, 0.3) is 11.3 Å². The number of aromatic nitrogens is 3. The van der Waals surface area contributed by atoms with E-state index >= 15 is 0 Å². The van der Waals surface area contributed by atoms with E-state index in [-0.39, 0.29) is 28.9 Å². The third kappa shape index (κ3) is 5.75. The van der Waals surface area contributed by atoms with Gasteiger partial charge >= 0.3 is 6.18 Å². The second-order valence-electron chi connectivity index (χ2n) is 9.23. The third-order valence-electron chi connectivity index (χ3n) is 6.06. The molecule has 1 fully saturated rings. The summed E-state index contributed by atoms with van der Waals surface area (Å²) in [4.78, 5) is 24.9. The Labute approximate surface area is 201 Å². The fourth-order valence-electron chi connectivity index (χ4n) is 3.64. The first kappa shape index (κ1) is 25.0. The monoisotopic (exact) mass is 503 g/mol. The SMILES string of the molecule is CC(C)(C(=O)Cc1ccc(-c2cncc(C(F)(F)F)n2)cc1)c1cccc(CS(=O)(=O)C2CC2)n1. The summed E-state index contributed by atoms with van der Waals surface area (Å²) in [7, 11) is -3.23. The number of Topliss-reactive ketones (excluding diaryl/α,β-unsaturated/α-hetero) is 1. The zero-order valence-electron chi connectivity index (χ0n) is 19.2. The van der Waals surface area contributed by atoms with Crippen LogP contribution in [0.2, 0.25) is 0 Å². The highest BCUT2D eigenvalue weighted by Crippen LogP contribution is 2.32. The van der Waals surface area contributed by atoms with Gasteiger partial charge in [0.25, 0.3) is 0 Å². The molecule has 10 heteroatoms. The van der Waals surface area contributed by atoms with Crippen molar-refractivity contribution in [2.24, 2.45) is 0 Å². The summed E-state index contributed by atoms with van der Waals surface area (Å²) in [5.74, 6) is -0.269. The standard InChI is InChI=1S/C25H24F3N3O3S/c1-24(2,21-5-3-4-18(30-21)15-35(33,34)19-10-11-19)23(32)12-16-6-8-17(9-7-16)20-13-29-14-22(31-20)25(26,27)28/h3-9,13-14,19H,10-12,15H2,1-2H3. The average Bonchev–Trinajstić information content (AvgIpc) is 3.65. The van der Waals surface area contributed by atoms with Gasteiger partial charge in [-0.1, -0.05) is 30.3 Å². The van der Waals surface area contributed by atoms with E-state index in [9.17, 15) is 26.4 Å². The minimum Gasteiger partial charge on any atom is -0.298 e. The van der Waals surface area contributed by atoms with E-state index in [1.165, 1.54) is 6.20 Å². The number of hydrogen-bond donors (Lipinski definition) is 0. The molecule has 0 radical (unpaired) electrons. The van der Waals surface area contributed by atoms with E-state index in [0.717, 1.165) is 0 Å². The Morgan fingerprint density at radius 2 is 1.66 bits per heavy atom. The molecule has 0 unspecified atom stereocenters. The van der Waals surface area contributed by atoms with Crippen molar-refractivity contribution in [1.82, 2.24) is 15.0 Å². The lowest BCUT2D eigenvalue weighted by Crippen LogP contribution is -2.32. The van der Waals surface area contributed by atoms with Crippen LogP contribution in [0, 0.1) is 0 Å². The first-order valence-electron chi connectivity index (χ1n) is 11.1. The second-order valence-corrected chi connectivity index (χ2v) is 11.5. The van der Waals surface area contributed by atoms with Gasteiger partial charge in [0.05, 0.1) is 45.9 Å². The van der Waals surface area contributed by atoms with Gasteiger partial charge in [-0.25, -0.2) is 13.4 Å². The van der Waals surface area contributed by atoms with Gasteiger partial charge in [-0.3, -0.25) is 14.8 Å². The van der Waals surface area contributed by atoms with Gasteiger partial charge in [0.15, 0.2) is 15.5 Å². The van der Waals surface area contributed by atoms with E-state index < -0.39 is 27.1 Å². The van der Waals surface area contributed by atoms with Crippen LogP contribution in [0.5, 0.6) is 0 Å². The van der Waals surface area contributed by atoms with Gasteiger partial charge in [-0.15, -0.1) is 0 Å². The van der Waals surface area contributed by atoms with Gasteiger partial charge in [0.2, 0.25) is 0 Å². The summed E-state index contributed by atoms with van der Waals surface area (Å²) in [6.45, 7) is 3.48. The molecule has 1 aromatic carbocycles. The number of benzene rings is 1. The lowest BCUT2D eigenvalue weighted by molar-refractivity contribution is -0.141. The highest BCUT2D eigenvalue weighted by atomic mass is 32.2. The van der Waals surface area contributed by atoms with E-state index in [2.05, 4.69) is 15.0 Å². The van der Waals surface area contributed by atoms with E-state index in [4.69, 9.17) is 0 Å².